The van der Waals surface area contributed by atoms with Crippen LogP contribution in [0.5, 0.6) is 0 Å². The molecule has 2 atom stereocenters. The summed E-state index contributed by atoms with van der Waals surface area (Å²) in [7, 11) is 0. The standard InChI is InChI=1S/C17H26N4/c1-10-6-5-7-14(8-10)9-21-12(3)11(2)15-16(18)19-13(4)20-17(15)21/h10,14H,5-9H2,1-4H3,(H2,18,19,20). The van der Waals surface area contributed by atoms with Gasteiger partial charge < -0.3 is 10.3 Å². The predicted octanol–water partition coefficient (Wildman–Crippen LogP) is 3.77. The van der Waals surface area contributed by atoms with Crippen molar-refractivity contribution >= 4 is 16.9 Å². The Bertz CT molecular complexity index is 671. The molecule has 1 aliphatic carbocycles. The predicted molar refractivity (Wildman–Crippen MR) is 87.3 cm³/mol. The Morgan fingerprint density at radius 3 is 2.67 bits per heavy atom. The van der Waals surface area contributed by atoms with Gasteiger partial charge >= 0.3 is 0 Å². The van der Waals surface area contributed by atoms with Gasteiger partial charge in [-0.05, 0) is 51.0 Å². The molecule has 2 aromatic rings. The molecule has 0 amide bonds. The Morgan fingerprint density at radius 2 is 1.95 bits per heavy atom. The molecule has 3 rings (SSSR count). The fourth-order valence-corrected chi connectivity index (χ4v) is 3.88. The van der Waals surface area contributed by atoms with Crippen LogP contribution in [0.2, 0.25) is 0 Å². The van der Waals surface area contributed by atoms with E-state index in [2.05, 4.69) is 35.3 Å². The number of aryl methyl sites for hydroxylation is 2. The summed E-state index contributed by atoms with van der Waals surface area (Å²) in [5.41, 5.74) is 9.67. The Kier molecular flexibility index (Phi) is 3.64. The molecule has 2 N–H and O–H groups in total. The van der Waals surface area contributed by atoms with Gasteiger partial charge in [-0.3, -0.25) is 0 Å². The average molecular weight is 286 g/mol. The van der Waals surface area contributed by atoms with Crippen molar-refractivity contribution in [1.82, 2.24) is 14.5 Å². The van der Waals surface area contributed by atoms with E-state index >= 15 is 0 Å². The van der Waals surface area contributed by atoms with Crippen molar-refractivity contribution in [3.05, 3.63) is 17.1 Å². The van der Waals surface area contributed by atoms with Crippen molar-refractivity contribution in [3.8, 4) is 0 Å². The summed E-state index contributed by atoms with van der Waals surface area (Å²) in [5.74, 6) is 3.00. The minimum absolute atomic E-state index is 0.619. The zero-order valence-electron chi connectivity index (χ0n) is 13.6. The van der Waals surface area contributed by atoms with Gasteiger partial charge in [0.05, 0.1) is 5.39 Å². The van der Waals surface area contributed by atoms with Crippen LogP contribution in [0.3, 0.4) is 0 Å². The smallest absolute Gasteiger partial charge is 0.146 e. The summed E-state index contributed by atoms with van der Waals surface area (Å²) in [4.78, 5) is 9.00. The number of nitrogens with zero attached hydrogens (tertiary/aromatic N) is 3. The first-order chi connectivity index (χ1) is 9.97. The number of nitrogens with two attached hydrogens (primary N) is 1. The molecule has 21 heavy (non-hydrogen) atoms. The summed E-state index contributed by atoms with van der Waals surface area (Å²) < 4.78 is 2.37. The van der Waals surface area contributed by atoms with E-state index in [-0.39, 0.29) is 0 Å². The molecule has 1 fully saturated rings. The molecular formula is C17H26N4. The molecule has 1 saturated carbocycles. The first-order valence-electron chi connectivity index (χ1n) is 8.07. The van der Waals surface area contributed by atoms with Crippen molar-refractivity contribution in [3.63, 3.8) is 0 Å². The number of nitrogen functional groups attached to an aromatic ring is 1. The second-order valence-corrected chi connectivity index (χ2v) is 6.81. The van der Waals surface area contributed by atoms with Crippen LogP contribution >= 0.6 is 0 Å². The summed E-state index contributed by atoms with van der Waals surface area (Å²) in [6, 6.07) is 0. The van der Waals surface area contributed by atoms with Gasteiger partial charge in [0.1, 0.15) is 17.3 Å². The lowest BCUT2D eigenvalue weighted by atomic mass is 9.82. The molecular weight excluding hydrogens is 260 g/mol. The average Bonchev–Trinajstić information content (AvgIpc) is 2.64. The molecule has 0 saturated heterocycles. The van der Waals surface area contributed by atoms with Crippen LogP contribution in [0.4, 0.5) is 5.82 Å². The largest absolute Gasteiger partial charge is 0.383 e. The van der Waals surface area contributed by atoms with E-state index < -0.39 is 0 Å². The van der Waals surface area contributed by atoms with Crippen LogP contribution in [0, 0.1) is 32.6 Å². The van der Waals surface area contributed by atoms with E-state index in [0.29, 0.717) is 5.82 Å². The summed E-state index contributed by atoms with van der Waals surface area (Å²) >= 11 is 0. The van der Waals surface area contributed by atoms with Crippen LogP contribution in [0.1, 0.15) is 49.7 Å². The van der Waals surface area contributed by atoms with Crippen molar-refractivity contribution in [2.75, 3.05) is 5.73 Å². The molecule has 0 spiro atoms. The zero-order valence-corrected chi connectivity index (χ0v) is 13.6. The molecule has 0 bridgehead atoms. The van der Waals surface area contributed by atoms with Crippen LogP contribution in [0.25, 0.3) is 11.0 Å². The summed E-state index contributed by atoms with van der Waals surface area (Å²) in [6.45, 7) is 9.67. The number of rotatable bonds is 2. The minimum atomic E-state index is 0.619. The topological polar surface area (TPSA) is 56.7 Å². The summed E-state index contributed by atoms with van der Waals surface area (Å²) in [6.07, 6.45) is 5.41. The molecule has 4 heteroatoms. The molecule has 0 aromatic carbocycles. The van der Waals surface area contributed by atoms with Crippen molar-refractivity contribution in [1.29, 1.82) is 0 Å². The Hall–Kier alpha value is -1.58. The molecule has 1 aliphatic rings. The van der Waals surface area contributed by atoms with Gasteiger partial charge in [-0.15, -0.1) is 0 Å². The third-order valence-electron chi connectivity index (χ3n) is 5.09. The maximum absolute atomic E-state index is 6.13. The number of hydrogen-bond acceptors (Lipinski definition) is 3. The van der Waals surface area contributed by atoms with Gasteiger partial charge in [-0.1, -0.05) is 19.8 Å². The van der Waals surface area contributed by atoms with Gasteiger partial charge in [0.15, 0.2) is 0 Å². The third-order valence-corrected chi connectivity index (χ3v) is 5.09. The summed E-state index contributed by atoms with van der Waals surface area (Å²) in [5, 5.41) is 1.04. The second-order valence-electron chi connectivity index (χ2n) is 6.81. The lowest BCUT2D eigenvalue weighted by Crippen LogP contribution is -2.19. The van der Waals surface area contributed by atoms with E-state index in [9.17, 15) is 0 Å². The zero-order chi connectivity index (χ0) is 15.1. The molecule has 2 unspecified atom stereocenters. The fourth-order valence-electron chi connectivity index (χ4n) is 3.88. The highest BCUT2D eigenvalue weighted by atomic mass is 15.1. The van der Waals surface area contributed by atoms with Crippen LogP contribution in [-0.2, 0) is 6.54 Å². The Balaban J connectivity index is 2.03. The molecule has 114 valence electrons. The van der Waals surface area contributed by atoms with Crippen molar-refractivity contribution < 1.29 is 0 Å². The van der Waals surface area contributed by atoms with E-state index in [4.69, 9.17) is 5.73 Å². The van der Waals surface area contributed by atoms with E-state index in [0.717, 1.165) is 35.2 Å². The van der Waals surface area contributed by atoms with Crippen LogP contribution < -0.4 is 5.73 Å². The van der Waals surface area contributed by atoms with E-state index in [1.165, 1.54) is 36.9 Å². The molecule has 2 heterocycles. The van der Waals surface area contributed by atoms with Gasteiger partial charge in [-0.2, -0.15) is 0 Å². The Labute approximate surface area is 126 Å². The highest BCUT2D eigenvalue weighted by Crippen LogP contribution is 2.33. The maximum Gasteiger partial charge on any atom is 0.146 e. The molecule has 2 aromatic heterocycles. The fraction of sp³-hybridized carbons (Fsp3) is 0.647. The molecule has 0 radical (unpaired) electrons. The van der Waals surface area contributed by atoms with Crippen molar-refractivity contribution in [2.24, 2.45) is 11.8 Å². The van der Waals surface area contributed by atoms with E-state index in [1.807, 2.05) is 6.92 Å². The third kappa shape index (κ3) is 2.52. The minimum Gasteiger partial charge on any atom is -0.383 e. The normalized spacial score (nSPS) is 22.9. The number of anilines is 1. The Morgan fingerprint density at radius 1 is 1.19 bits per heavy atom. The quantitative estimate of drug-likeness (QED) is 0.914. The highest BCUT2D eigenvalue weighted by Gasteiger charge is 2.22. The number of aromatic nitrogens is 3. The van der Waals surface area contributed by atoms with Crippen LogP contribution in [0.15, 0.2) is 0 Å². The van der Waals surface area contributed by atoms with E-state index in [1.54, 1.807) is 0 Å². The number of fused-ring (bicyclic) bond motifs is 1. The first kappa shape index (κ1) is 14.4. The van der Waals surface area contributed by atoms with Gasteiger partial charge in [0, 0.05) is 12.2 Å². The SMILES string of the molecule is Cc1nc(N)c2c(C)c(C)n(CC3CCCC(C)C3)c2n1. The highest BCUT2D eigenvalue weighted by molar-refractivity contribution is 5.91. The van der Waals surface area contributed by atoms with Gasteiger partial charge in [-0.25, -0.2) is 9.97 Å². The van der Waals surface area contributed by atoms with Gasteiger partial charge in [0.25, 0.3) is 0 Å². The maximum atomic E-state index is 6.13. The number of hydrogen-bond donors (Lipinski definition) is 1. The molecule has 4 nitrogen and oxygen atoms in total. The molecule has 0 aliphatic heterocycles. The lowest BCUT2D eigenvalue weighted by Gasteiger charge is -2.27. The van der Waals surface area contributed by atoms with Crippen LogP contribution in [-0.4, -0.2) is 14.5 Å². The lowest BCUT2D eigenvalue weighted by molar-refractivity contribution is 0.257. The first-order valence-corrected chi connectivity index (χ1v) is 8.07. The van der Waals surface area contributed by atoms with Gasteiger partial charge in [0.2, 0.25) is 0 Å². The second kappa shape index (κ2) is 5.32. The monoisotopic (exact) mass is 286 g/mol. The van der Waals surface area contributed by atoms with Crippen molar-refractivity contribution in [2.45, 2.75) is 59.9 Å².